The second kappa shape index (κ2) is 6.16. The van der Waals surface area contributed by atoms with Crippen LogP contribution in [-0.2, 0) is 14.9 Å². The number of ether oxygens (including phenoxy) is 1. The highest BCUT2D eigenvalue weighted by Crippen LogP contribution is 2.35. The summed E-state index contributed by atoms with van der Waals surface area (Å²) in [5.74, 6) is 0.755. The predicted octanol–water partition coefficient (Wildman–Crippen LogP) is 1.38. The largest absolute Gasteiger partial charge is 0.381 e. The van der Waals surface area contributed by atoms with Gasteiger partial charge in [0.15, 0.2) is 0 Å². The van der Waals surface area contributed by atoms with E-state index in [1.54, 1.807) is 0 Å². The Morgan fingerprint density at radius 3 is 2.52 bits per heavy atom. The van der Waals surface area contributed by atoms with Crippen molar-refractivity contribution in [2.24, 2.45) is 5.92 Å². The van der Waals surface area contributed by atoms with E-state index < -0.39 is 5.41 Å². The molecule has 0 aromatic heterocycles. The van der Waals surface area contributed by atoms with Crippen LogP contribution in [0.25, 0.3) is 0 Å². The molecular formula is C17H24N2O2. The van der Waals surface area contributed by atoms with Gasteiger partial charge in [0.25, 0.3) is 0 Å². The van der Waals surface area contributed by atoms with Crippen LogP contribution in [0, 0.1) is 12.8 Å². The van der Waals surface area contributed by atoms with Crippen molar-refractivity contribution in [2.75, 3.05) is 32.8 Å². The fourth-order valence-corrected chi connectivity index (χ4v) is 3.14. The molecule has 3 rings (SSSR count). The van der Waals surface area contributed by atoms with Crippen LogP contribution >= 0.6 is 0 Å². The summed E-state index contributed by atoms with van der Waals surface area (Å²) < 4.78 is 5.49. The number of hydrogen-bond acceptors (Lipinski definition) is 3. The van der Waals surface area contributed by atoms with Crippen molar-refractivity contribution < 1.29 is 9.53 Å². The SMILES string of the molecule is Cc1ccc(C2(C(=O)NCC3CNC3)CCOCC2)cc1. The maximum Gasteiger partial charge on any atom is 0.230 e. The number of hydrogen-bond donors (Lipinski definition) is 2. The van der Waals surface area contributed by atoms with Gasteiger partial charge in [-0.1, -0.05) is 29.8 Å². The molecule has 2 aliphatic heterocycles. The number of amides is 1. The Bertz CT molecular complexity index is 488. The van der Waals surface area contributed by atoms with E-state index in [0.717, 1.165) is 38.0 Å². The maximum atomic E-state index is 12.9. The fourth-order valence-electron chi connectivity index (χ4n) is 3.14. The molecule has 2 saturated heterocycles. The van der Waals surface area contributed by atoms with E-state index >= 15 is 0 Å². The summed E-state index contributed by atoms with van der Waals surface area (Å²) in [6.45, 7) is 6.20. The molecule has 0 bridgehead atoms. The molecule has 2 N–H and O–H groups in total. The number of carbonyl (C=O) groups excluding carboxylic acids is 1. The van der Waals surface area contributed by atoms with Crippen LogP contribution in [-0.4, -0.2) is 38.8 Å². The first-order chi connectivity index (χ1) is 10.2. The Morgan fingerprint density at radius 1 is 1.29 bits per heavy atom. The van der Waals surface area contributed by atoms with Gasteiger partial charge in [-0.05, 0) is 25.3 Å². The van der Waals surface area contributed by atoms with E-state index in [1.165, 1.54) is 5.56 Å². The van der Waals surface area contributed by atoms with Gasteiger partial charge in [-0.25, -0.2) is 0 Å². The summed E-state index contributed by atoms with van der Waals surface area (Å²) in [4.78, 5) is 12.9. The van der Waals surface area contributed by atoms with Crippen molar-refractivity contribution in [3.63, 3.8) is 0 Å². The molecule has 0 spiro atoms. The van der Waals surface area contributed by atoms with Crippen LogP contribution in [0.2, 0.25) is 0 Å². The van der Waals surface area contributed by atoms with Gasteiger partial charge in [0.05, 0.1) is 5.41 Å². The number of aryl methyl sites for hydroxylation is 1. The minimum absolute atomic E-state index is 0.168. The first-order valence-electron chi connectivity index (χ1n) is 7.85. The molecule has 1 amide bonds. The molecule has 4 heteroatoms. The maximum absolute atomic E-state index is 12.9. The lowest BCUT2D eigenvalue weighted by molar-refractivity contribution is -0.130. The van der Waals surface area contributed by atoms with Gasteiger partial charge in [-0.2, -0.15) is 0 Å². The number of rotatable bonds is 4. The monoisotopic (exact) mass is 288 g/mol. The van der Waals surface area contributed by atoms with E-state index in [2.05, 4.69) is 41.8 Å². The van der Waals surface area contributed by atoms with Crippen molar-refractivity contribution in [3.05, 3.63) is 35.4 Å². The first kappa shape index (κ1) is 14.5. The van der Waals surface area contributed by atoms with Gasteiger partial charge >= 0.3 is 0 Å². The Kier molecular flexibility index (Phi) is 4.27. The molecule has 0 saturated carbocycles. The lowest BCUT2D eigenvalue weighted by Gasteiger charge is -2.37. The summed E-state index contributed by atoms with van der Waals surface area (Å²) in [5, 5.41) is 6.41. The molecule has 2 fully saturated rings. The van der Waals surface area contributed by atoms with Gasteiger partial charge < -0.3 is 15.4 Å². The molecule has 1 aromatic carbocycles. The molecule has 114 valence electrons. The summed E-state index contributed by atoms with van der Waals surface area (Å²) in [5.41, 5.74) is 1.94. The molecular weight excluding hydrogens is 264 g/mol. The van der Waals surface area contributed by atoms with Crippen LogP contribution in [0.1, 0.15) is 24.0 Å². The van der Waals surface area contributed by atoms with Gasteiger partial charge in [0.1, 0.15) is 0 Å². The second-order valence-electron chi connectivity index (χ2n) is 6.29. The van der Waals surface area contributed by atoms with E-state index in [0.29, 0.717) is 19.1 Å². The van der Waals surface area contributed by atoms with Crippen LogP contribution in [0.15, 0.2) is 24.3 Å². The lowest BCUT2D eigenvalue weighted by Crippen LogP contribution is -2.53. The van der Waals surface area contributed by atoms with E-state index in [4.69, 9.17) is 4.74 Å². The molecule has 4 nitrogen and oxygen atoms in total. The Labute approximate surface area is 126 Å². The zero-order valence-electron chi connectivity index (χ0n) is 12.7. The number of nitrogens with one attached hydrogen (secondary N) is 2. The normalized spacial score (nSPS) is 21.6. The van der Waals surface area contributed by atoms with Gasteiger partial charge in [-0.15, -0.1) is 0 Å². The van der Waals surface area contributed by atoms with Gasteiger partial charge in [0, 0.05) is 38.8 Å². The Balaban J connectivity index is 1.78. The zero-order chi connectivity index (χ0) is 14.7. The highest BCUT2D eigenvalue weighted by Gasteiger charge is 2.41. The van der Waals surface area contributed by atoms with Gasteiger partial charge in [-0.3, -0.25) is 4.79 Å². The summed E-state index contributed by atoms with van der Waals surface area (Å²) in [7, 11) is 0. The van der Waals surface area contributed by atoms with E-state index in [-0.39, 0.29) is 5.91 Å². The average molecular weight is 288 g/mol. The average Bonchev–Trinajstić information content (AvgIpc) is 2.47. The molecule has 21 heavy (non-hydrogen) atoms. The fraction of sp³-hybridized carbons (Fsp3) is 0.588. The predicted molar refractivity (Wildman–Crippen MR) is 82.3 cm³/mol. The molecule has 1 aromatic rings. The third kappa shape index (κ3) is 2.97. The Morgan fingerprint density at radius 2 is 1.95 bits per heavy atom. The topological polar surface area (TPSA) is 50.4 Å². The number of benzene rings is 1. The van der Waals surface area contributed by atoms with E-state index in [1.807, 2.05) is 0 Å². The van der Waals surface area contributed by atoms with E-state index in [9.17, 15) is 4.79 Å². The summed E-state index contributed by atoms with van der Waals surface area (Å²) in [6, 6.07) is 8.39. The zero-order valence-corrected chi connectivity index (χ0v) is 12.7. The minimum atomic E-state index is -0.414. The van der Waals surface area contributed by atoms with Gasteiger partial charge in [0.2, 0.25) is 5.91 Å². The Hall–Kier alpha value is -1.39. The smallest absolute Gasteiger partial charge is 0.230 e. The second-order valence-corrected chi connectivity index (χ2v) is 6.29. The van der Waals surface area contributed by atoms with Crippen molar-refractivity contribution >= 4 is 5.91 Å². The highest BCUT2D eigenvalue weighted by atomic mass is 16.5. The molecule has 0 unspecified atom stereocenters. The van der Waals surface area contributed by atoms with Crippen LogP contribution in [0.4, 0.5) is 0 Å². The van der Waals surface area contributed by atoms with Crippen molar-refractivity contribution in [1.82, 2.24) is 10.6 Å². The van der Waals surface area contributed by atoms with Crippen LogP contribution < -0.4 is 10.6 Å². The first-order valence-corrected chi connectivity index (χ1v) is 7.85. The quantitative estimate of drug-likeness (QED) is 0.880. The minimum Gasteiger partial charge on any atom is -0.381 e. The summed E-state index contributed by atoms with van der Waals surface area (Å²) in [6.07, 6.45) is 1.54. The van der Waals surface area contributed by atoms with Crippen LogP contribution in [0.3, 0.4) is 0 Å². The molecule has 0 aliphatic carbocycles. The standard InChI is InChI=1S/C17H24N2O2/c1-13-2-4-15(5-3-13)17(6-8-21-9-7-17)16(20)19-12-14-10-18-11-14/h2-5,14,18H,6-12H2,1H3,(H,19,20). The molecule has 2 heterocycles. The van der Waals surface area contributed by atoms with Crippen molar-refractivity contribution in [2.45, 2.75) is 25.2 Å². The molecule has 2 aliphatic rings. The molecule has 0 atom stereocenters. The van der Waals surface area contributed by atoms with Crippen molar-refractivity contribution in [3.8, 4) is 0 Å². The third-order valence-corrected chi connectivity index (χ3v) is 4.80. The summed E-state index contributed by atoms with van der Waals surface area (Å²) >= 11 is 0. The molecule has 0 radical (unpaired) electrons. The highest BCUT2D eigenvalue weighted by molar-refractivity contribution is 5.88. The number of carbonyl (C=O) groups is 1. The third-order valence-electron chi connectivity index (χ3n) is 4.80. The lowest BCUT2D eigenvalue weighted by atomic mass is 9.73. The van der Waals surface area contributed by atoms with Crippen molar-refractivity contribution in [1.29, 1.82) is 0 Å². The van der Waals surface area contributed by atoms with Crippen LogP contribution in [0.5, 0.6) is 0 Å².